The molecule has 22 heavy (non-hydrogen) atoms. The summed E-state index contributed by atoms with van der Waals surface area (Å²) in [6.07, 6.45) is 1.28. The number of nitrogens with one attached hydrogen (secondary N) is 1. The van der Waals surface area contributed by atoms with E-state index in [-0.39, 0.29) is 17.7 Å². The average molecular weight is 323 g/mol. The van der Waals surface area contributed by atoms with E-state index in [2.05, 4.69) is 19.2 Å². The Morgan fingerprint density at radius 2 is 2.14 bits per heavy atom. The Morgan fingerprint density at radius 1 is 1.41 bits per heavy atom. The Bertz CT molecular complexity index is 545. The van der Waals surface area contributed by atoms with Crippen molar-refractivity contribution in [2.75, 3.05) is 13.1 Å². The number of hydrogen-bond donors (Lipinski definition) is 1. The highest BCUT2D eigenvalue weighted by Crippen LogP contribution is 2.20. The van der Waals surface area contributed by atoms with E-state index in [0.717, 1.165) is 18.5 Å². The van der Waals surface area contributed by atoms with Crippen molar-refractivity contribution >= 4 is 23.4 Å². The summed E-state index contributed by atoms with van der Waals surface area (Å²) in [5.74, 6) is 0.321. The minimum Gasteiger partial charge on any atom is -0.352 e. The first-order valence-corrected chi connectivity index (χ1v) is 8.14. The zero-order chi connectivity index (χ0) is 16.1. The van der Waals surface area contributed by atoms with Gasteiger partial charge in [0.1, 0.15) is 0 Å². The highest BCUT2D eigenvalue weighted by molar-refractivity contribution is 6.31. The van der Waals surface area contributed by atoms with E-state index in [1.807, 2.05) is 18.2 Å². The van der Waals surface area contributed by atoms with Gasteiger partial charge in [-0.05, 0) is 24.0 Å². The SMILES string of the molecule is CC(C)CCN1C[C@H](C(=O)NCc2ccccc2Cl)CC1=O. The lowest BCUT2D eigenvalue weighted by Crippen LogP contribution is -2.33. The van der Waals surface area contributed by atoms with Gasteiger partial charge in [-0.15, -0.1) is 0 Å². The van der Waals surface area contributed by atoms with Gasteiger partial charge < -0.3 is 10.2 Å². The van der Waals surface area contributed by atoms with Gasteiger partial charge in [0.15, 0.2) is 0 Å². The summed E-state index contributed by atoms with van der Waals surface area (Å²) in [4.78, 5) is 26.0. The lowest BCUT2D eigenvalue weighted by Gasteiger charge is -2.17. The second-order valence-electron chi connectivity index (χ2n) is 6.23. The molecule has 1 aliphatic rings. The largest absolute Gasteiger partial charge is 0.352 e. The summed E-state index contributed by atoms with van der Waals surface area (Å²) in [6, 6.07) is 7.43. The van der Waals surface area contributed by atoms with Crippen LogP contribution in [0.1, 0.15) is 32.3 Å². The van der Waals surface area contributed by atoms with Gasteiger partial charge in [0, 0.05) is 31.1 Å². The molecule has 4 nitrogen and oxygen atoms in total. The molecule has 1 N–H and O–H groups in total. The number of halogens is 1. The summed E-state index contributed by atoms with van der Waals surface area (Å²) in [6.45, 7) is 5.93. The molecule has 1 aromatic rings. The minimum atomic E-state index is -0.248. The van der Waals surface area contributed by atoms with Crippen molar-refractivity contribution in [2.24, 2.45) is 11.8 Å². The van der Waals surface area contributed by atoms with Gasteiger partial charge in [-0.1, -0.05) is 43.6 Å². The van der Waals surface area contributed by atoms with E-state index in [0.29, 0.717) is 30.5 Å². The Kier molecular flexibility index (Phi) is 5.83. The molecule has 2 rings (SSSR count). The second kappa shape index (κ2) is 7.63. The van der Waals surface area contributed by atoms with E-state index in [1.54, 1.807) is 11.0 Å². The highest BCUT2D eigenvalue weighted by atomic mass is 35.5. The normalized spacial score (nSPS) is 18.1. The molecular formula is C17H23ClN2O2. The minimum absolute atomic E-state index is 0.0692. The smallest absolute Gasteiger partial charge is 0.225 e. The number of rotatable bonds is 6. The van der Waals surface area contributed by atoms with E-state index in [4.69, 9.17) is 11.6 Å². The van der Waals surface area contributed by atoms with Crippen molar-refractivity contribution in [3.63, 3.8) is 0 Å². The molecule has 1 atom stereocenters. The van der Waals surface area contributed by atoms with Crippen LogP contribution in [0.3, 0.4) is 0 Å². The first-order valence-electron chi connectivity index (χ1n) is 7.76. The molecule has 0 spiro atoms. The molecule has 0 unspecified atom stereocenters. The lowest BCUT2D eigenvalue weighted by atomic mass is 10.1. The molecule has 1 heterocycles. The van der Waals surface area contributed by atoms with E-state index in [1.165, 1.54) is 0 Å². The predicted molar refractivity (Wildman–Crippen MR) is 87.4 cm³/mol. The number of benzene rings is 1. The van der Waals surface area contributed by atoms with Gasteiger partial charge in [-0.2, -0.15) is 0 Å². The van der Waals surface area contributed by atoms with Crippen LogP contribution in [0.15, 0.2) is 24.3 Å². The van der Waals surface area contributed by atoms with E-state index < -0.39 is 0 Å². The molecule has 1 aliphatic heterocycles. The van der Waals surface area contributed by atoms with Gasteiger partial charge in [0.2, 0.25) is 11.8 Å². The number of nitrogens with zero attached hydrogens (tertiary/aromatic N) is 1. The Balaban J connectivity index is 1.83. The van der Waals surface area contributed by atoms with Gasteiger partial charge in [-0.25, -0.2) is 0 Å². The number of likely N-dealkylation sites (tertiary alicyclic amines) is 1. The molecule has 0 bridgehead atoms. The lowest BCUT2D eigenvalue weighted by molar-refractivity contribution is -0.129. The fourth-order valence-corrected chi connectivity index (χ4v) is 2.75. The molecule has 1 fully saturated rings. The monoisotopic (exact) mass is 322 g/mol. The maximum atomic E-state index is 12.2. The van der Waals surface area contributed by atoms with Gasteiger partial charge in [-0.3, -0.25) is 9.59 Å². The first kappa shape index (κ1) is 16.8. The van der Waals surface area contributed by atoms with Crippen LogP contribution in [0.2, 0.25) is 5.02 Å². The Labute approximate surface area is 136 Å². The molecule has 1 aromatic carbocycles. The molecule has 1 saturated heterocycles. The average Bonchev–Trinajstić information content (AvgIpc) is 2.85. The Hall–Kier alpha value is -1.55. The molecule has 0 saturated carbocycles. The molecular weight excluding hydrogens is 300 g/mol. The van der Waals surface area contributed by atoms with Gasteiger partial charge in [0.05, 0.1) is 5.92 Å². The summed E-state index contributed by atoms with van der Waals surface area (Å²) >= 11 is 6.07. The summed E-state index contributed by atoms with van der Waals surface area (Å²) in [7, 11) is 0. The third-order valence-electron chi connectivity index (χ3n) is 3.97. The van der Waals surface area contributed by atoms with Crippen LogP contribution in [0, 0.1) is 11.8 Å². The van der Waals surface area contributed by atoms with Crippen LogP contribution in [-0.4, -0.2) is 29.8 Å². The van der Waals surface area contributed by atoms with Crippen molar-refractivity contribution in [3.05, 3.63) is 34.9 Å². The zero-order valence-corrected chi connectivity index (χ0v) is 13.9. The van der Waals surface area contributed by atoms with Crippen molar-refractivity contribution < 1.29 is 9.59 Å². The van der Waals surface area contributed by atoms with Crippen LogP contribution >= 0.6 is 11.6 Å². The second-order valence-corrected chi connectivity index (χ2v) is 6.64. The van der Waals surface area contributed by atoms with E-state index >= 15 is 0 Å². The molecule has 5 heteroatoms. The third kappa shape index (κ3) is 4.47. The Morgan fingerprint density at radius 3 is 2.82 bits per heavy atom. The van der Waals surface area contributed by atoms with Gasteiger partial charge >= 0.3 is 0 Å². The fraction of sp³-hybridized carbons (Fsp3) is 0.529. The predicted octanol–water partition coefficient (Wildman–Crippen LogP) is 2.85. The summed E-state index contributed by atoms with van der Waals surface area (Å²) in [5.41, 5.74) is 0.888. The van der Waals surface area contributed by atoms with Crippen molar-refractivity contribution in [2.45, 2.75) is 33.2 Å². The summed E-state index contributed by atoms with van der Waals surface area (Å²) < 4.78 is 0. The number of carbonyl (C=O) groups is 2. The van der Waals surface area contributed by atoms with Crippen LogP contribution in [0.5, 0.6) is 0 Å². The van der Waals surface area contributed by atoms with E-state index in [9.17, 15) is 9.59 Å². The van der Waals surface area contributed by atoms with Crippen molar-refractivity contribution in [3.8, 4) is 0 Å². The summed E-state index contributed by atoms with van der Waals surface area (Å²) in [5, 5.41) is 3.53. The maximum Gasteiger partial charge on any atom is 0.225 e. The highest BCUT2D eigenvalue weighted by Gasteiger charge is 2.33. The fourth-order valence-electron chi connectivity index (χ4n) is 2.55. The molecule has 2 amide bonds. The molecule has 0 radical (unpaired) electrons. The number of amides is 2. The topological polar surface area (TPSA) is 49.4 Å². The van der Waals surface area contributed by atoms with Crippen LogP contribution in [0.4, 0.5) is 0 Å². The zero-order valence-electron chi connectivity index (χ0n) is 13.1. The van der Waals surface area contributed by atoms with Crippen molar-refractivity contribution in [1.29, 1.82) is 0 Å². The quantitative estimate of drug-likeness (QED) is 0.875. The van der Waals surface area contributed by atoms with Crippen LogP contribution in [-0.2, 0) is 16.1 Å². The molecule has 0 aromatic heterocycles. The number of carbonyl (C=O) groups excluding carboxylic acids is 2. The van der Waals surface area contributed by atoms with Gasteiger partial charge in [0.25, 0.3) is 0 Å². The van der Waals surface area contributed by atoms with Crippen LogP contribution in [0.25, 0.3) is 0 Å². The maximum absolute atomic E-state index is 12.2. The number of hydrogen-bond acceptors (Lipinski definition) is 2. The third-order valence-corrected chi connectivity index (χ3v) is 4.34. The van der Waals surface area contributed by atoms with Crippen LogP contribution < -0.4 is 5.32 Å². The van der Waals surface area contributed by atoms with Crippen molar-refractivity contribution in [1.82, 2.24) is 10.2 Å². The molecule has 120 valence electrons. The first-order chi connectivity index (χ1) is 10.5. The standard InChI is InChI=1S/C17H23ClN2O2/c1-12(2)7-8-20-11-14(9-16(20)21)17(22)19-10-13-5-3-4-6-15(13)18/h3-6,12,14H,7-11H2,1-2H3,(H,19,22)/t14-/m1/s1. The molecule has 0 aliphatic carbocycles.